The van der Waals surface area contributed by atoms with Crippen LogP contribution in [-0.4, -0.2) is 31.7 Å². The minimum atomic E-state index is -0.397. The molecule has 1 aliphatic heterocycles. The van der Waals surface area contributed by atoms with E-state index in [4.69, 9.17) is 16.6 Å². The molecule has 196 valence electrons. The molecule has 2 N–H and O–H groups in total. The Balaban J connectivity index is 1.57. The molecule has 4 aromatic rings. The molecule has 1 aromatic carbocycles. The van der Waals surface area contributed by atoms with Crippen molar-refractivity contribution in [3.63, 3.8) is 0 Å². The summed E-state index contributed by atoms with van der Waals surface area (Å²) in [6, 6.07) is 8.21. The molecular formula is C26H25ClFN7O2S. The fourth-order valence-corrected chi connectivity index (χ4v) is 5.13. The van der Waals surface area contributed by atoms with Gasteiger partial charge in [-0.05, 0) is 49.2 Å². The van der Waals surface area contributed by atoms with E-state index in [0.717, 1.165) is 34.3 Å². The van der Waals surface area contributed by atoms with Crippen molar-refractivity contribution in [1.29, 1.82) is 0 Å². The number of nitrogens with one attached hydrogen (secondary N) is 2. The number of rotatable bonds is 6. The van der Waals surface area contributed by atoms with Crippen molar-refractivity contribution in [2.45, 2.75) is 33.0 Å². The molecule has 3 aromatic heterocycles. The Morgan fingerprint density at radius 3 is 2.76 bits per heavy atom. The first-order chi connectivity index (χ1) is 18.2. The van der Waals surface area contributed by atoms with Crippen molar-refractivity contribution in [2.75, 3.05) is 16.5 Å². The number of carbonyl (C=O) groups excluding carboxylic acids is 1. The molecule has 0 fully saturated rings. The van der Waals surface area contributed by atoms with Gasteiger partial charge in [-0.1, -0.05) is 29.6 Å². The Hall–Kier alpha value is -3.70. The van der Waals surface area contributed by atoms with Crippen LogP contribution in [0.25, 0.3) is 10.9 Å². The first-order valence-electron chi connectivity index (χ1n) is 11.8. The van der Waals surface area contributed by atoms with Crippen molar-refractivity contribution in [1.82, 2.24) is 24.2 Å². The zero-order valence-electron chi connectivity index (χ0n) is 21.2. The molecule has 0 saturated heterocycles. The highest BCUT2D eigenvalue weighted by atomic mass is 35.5. The van der Waals surface area contributed by atoms with Gasteiger partial charge in [0.1, 0.15) is 11.0 Å². The highest BCUT2D eigenvalue weighted by Crippen LogP contribution is 2.31. The van der Waals surface area contributed by atoms with Crippen molar-refractivity contribution >= 4 is 52.0 Å². The van der Waals surface area contributed by atoms with Crippen LogP contribution in [0.4, 0.5) is 16.0 Å². The molecule has 0 spiro atoms. The van der Waals surface area contributed by atoms with Crippen molar-refractivity contribution in [3.05, 3.63) is 85.9 Å². The van der Waals surface area contributed by atoms with Crippen molar-refractivity contribution in [3.8, 4) is 0 Å². The minimum absolute atomic E-state index is 0.162. The molecule has 5 rings (SSSR count). The number of hydrogen-bond acceptors (Lipinski definition) is 8. The highest BCUT2D eigenvalue weighted by Gasteiger charge is 2.26. The summed E-state index contributed by atoms with van der Waals surface area (Å²) >= 11 is 7.23. The Labute approximate surface area is 227 Å². The van der Waals surface area contributed by atoms with E-state index >= 15 is 0 Å². The minimum Gasteiger partial charge on any atom is -0.377 e. The lowest BCUT2D eigenvalue weighted by atomic mass is 10.0. The van der Waals surface area contributed by atoms with Gasteiger partial charge in [-0.3, -0.25) is 23.9 Å². The second-order valence-corrected chi connectivity index (χ2v) is 10.2. The van der Waals surface area contributed by atoms with Crippen LogP contribution in [-0.2, 0) is 20.1 Å². The summed E-state index contributed by atoms with van der Waals surface area (Å²) in [6.07, 6.45) is 2.94. The van der Waals surface area contributed by atoms with E-state index in [2.05, 4.69) is 20.0 Å². The van der Waals surface area contributed by atoms with Crippen LogP contribution in [0.1, 0.15) is 45.8 Å². The third-order valence-corrected chi connectivity index (χ3v) is 7.05. The maximum Gasteiger partial charge on any atom is 0.281 e. The third-order valence-electron chi connectivity index (χ3n) is 6.45. The number of aryl methyl sites for hydroxylation is 1. The van der Waals surface area contributed by atoms with Gasteiger partial charge >= 0.3 is 0 Å². The number of benzene rings is 1. The van der Waals surface area contributed by atoms with E-state index in [1.807, 2.05) is 30.9 Å². The molecule has 12 heteroatoms. The van der Waals surface area contributed by atoms with Crippen molar-refractivity contribution < 1.29 is 9.18 Å². The lowest BCUT2D eigenvalue weighted by molar-refractivity contribution is 0.0980. The predicted octanol–water partition coefficient (Wildman–Crippen LogP) is 4.53. The zero-order valence-corrected chi connectivity index (χ0v) is 22.7. The van der Waals surface area contributed by atoms with E-state index in [9.17, 15) is 14.0 Å². The normalized spacial score (nSPS) is 13.5. The van der Waals surface area contributed by atoms with Gasteiger partial charge in [-0.2, -0.15) is 0 Å². The Bertz CT molecular complexity index is 1640. The van der Waals surface area contributed by atoms with Gasteiger partial charge in [0.25, 0.3) is 11.5 Å². The first kappa shape index (κ1) is 25.9. The van der Waals surface area contributed by atoms with E-state index in [1.165, 1.54) is 16.8 Å². The second kappa shape index (κ2) is 10.2. The Morgan fingerprint density at radius 1 is 1.21 bits per heavy atom. The smallest absolute Gasteiger partial charge is 0.281 e. The second-order valence-electron chi connectivity index (χ2n) is 9.17. The third kappa shape index (κ3) is 4.79. The average Bonchev–Trinajstić information content (AvgIpc) is 3.30. The molecular weight excluding hydrogens is 529 g/mol. The standard InChI is InChI=1S/C26H25ClFN7O2S/c1-13-7-17(14(2)30-19-5-6-21(27)31-23(19)24(36)33-38-4)22-18(8-13)25(37)34(3)26(32-22)35-11-15-9-16(28)10-29-20(15)12-35/h5-10,14,30H,11-12H2,1-4H3,(H,33,36). The van der Waals surface area contributed by atoms with Crippen LogP contribution < -0.4 is 20.5 Å². The summed E-state index contributed by atoms with van der Waals surface area (Å²) in [4.78, 5) is 41.4. The Morgan fingerprint density at radius 2 is 2.00 bits per heavy atom. The van der Waals surface area contributed by atoms with Crippen LogP contribution >= 0.6 is 23.5 Å². The van der Waals surface area contributed by atoms with Gasteiger partial charge in [0.05, 0.1) is 41.1 Å². The lowest BCUT2D eigenvalue weighted by Crippen LogP contribution is -2.28. The fourth-order valence-electron chi connectivity index (χ4n) is 4.70. The summed E-state index contributed by atoms with van der Waals surface area (Å²) in [5.74, 6) is -0.311. The molecule has 0 saturated carbocycles. The summed E-state index contributed by atoms with van der Waals surface area (Å²) in [7, 11) is 1.68. The quantitative estimate of drug-likeness (QED) is 0.265. The van der Waals surface area contributed by atoms with E-state index in [1.54, 1.807) is 25.4 Å². The van der Waals surface area contributed by atoms with Crippen LogP contribution in [0.5, 0.6) is 0 Å². The molecule has 1 amide bonds. The van der Waals surface area contributed by atoms with Gasteiger partial charge in [0, 0.05) is 25.4 Å². The number of hydrogen-bond donors (Lipinski definition) is 2. The van der Waals surface area contributed by atoms with Crippen LogP contribution in [0.15, 0.2) is 41.3 Å². The molecule has 4 heterocycles. The molecule has 38 heavy (non-hydrogen) atoms. The molecule has 1 atom stereocenters. The first-order valence-corrected chi connectivity index (χ1v) is 13.4. The number of aromatic nitrogens is 4. The fraction of sp³-hybridized carbons (Fsp3) is 0.269. The number of amides is 1. The largest absolute Gasteiger partial charge is 0.377 e. The van der Waals surface area contributed by atoms with Crippen LogP contribution in [0, 0.1) is 12.7 Å². The number of fused-ring (bicyclic) bond motifs is 2. The predicted molar refractivity (Wildman–Crippen MR) is 148 cm³/mol. The average molecular weight is 554 g/mol. The van der Waals surface area contributed by atoms with Gasteiger partial charge < -0.3 is 10.2 Å². The van der Waals surface area contributed by atoms with Crippen LogP contribution in [0.3, 0.4) is 0 Å². The SMILES string of the molecule is CSNC(=O)c1nc(Cl)ccc1NC(C)c1cc(C)cc2c(=O)n(C)c(N3Cc4cc(F)cnc4C3)nc12. The number of anilines is 2. The summed E-state index contributed by atoms with van der Waals surface area (Å²) in [6.45, 7) is 4.66. The van der Waals surface area contributed by atoms with E-state index in [-0.39, 0.29) is 28.4 Å². The molecule has 1 aliphatic rings. The van der Waals surface area contributed by atoms with Gasteiger partial charge in [-0.15, -0.1) is 0 Å². The van der Waals surface area contributed by atoms with Gasteiger partial charge in [-0.25, -0.2) is 14.4 Å². The topological polar surface area (TPSA) is 105 Å². The molecule has 0 bridgehead atoms. The molecule has 0 aliphatic carbocycles. The van der Waals surface area contributed by atoms with Gasteiger partial charge in [0.2, 0.25) is 5.95 Å². The van der Waals surface area contributed by atoms with Crippen molar-refractivity contribution in [2.24, 2.45) is 7.05 Å². The van der Waals surface area contributed by atoms with E-state index < -0.39 is 5.82 Å². The molecule has 1 unspecified atom stereocenters. The molecule has 9 nitrogen and oxygen atoms in total. The summed E-state index contributed by atoms with van der Waals surface area (Å²) in [5, 5.41) is 4.03. The monoisotopic (exact) mass is 553 g/mol. The maximum atomic E-state index is 13.7. The lowest BCUT2D eigenvalue weighted by Gasteiger charge is -2.23. The highest BCUT2D eigenvalue weighted by molar-refractivity contribution is 7.97. The number of halogens is 2. The van der Waals surface area contributed by atoms with Gasteiger partial charge in [0.15, 0.2) is 5.69 Å². The maximum absolute atomic E-state index is 13.7. The van der Waals surface area contributed by atoms with E-state index in [0.29, 0.717) is 35.6 Å². The Kier molecular flexibility index (Phi) is 6.97. The van der Waals surface area contributed by atoms with Crippen LogP contribution in [0.2, 0.25) is 5.15 Å². The molecule has 0 radical (unpaired) electrons. The number of carbonyl (C=O) groups is 1. The zero-order chi connectivity index (χ0) is 27.1. The number of nitrogens with zero attached hydrogens (tertiary/aromatic N) is 5. The number of pyridine rings is 2. The summed E-state index contributed by atoms with van der Waals surface area (Å²) < 4.78 is 17.9. The summed E-state index contributed by atoms with van der Waals surface area (Å²) in [5.41, 5.74) is 4.22.